The zero-order valence-electron chi connectivity index (χ0n) is 17.6. The second-order valence-corrected chi connectivity index (χ2v) is 9.29. The minimum absolute atomic E-state index is 0.0152. The lowest BCUT2D eigenvalue weighted by molar-refractivity contribution is 0.0293. The van der Waals surface area contributed by atoms with Crippen LogP contribution >= 0.6 is 11.3 Å². The summed E-state index contributed by atoms with van der Waals surface area (Å²) in [7, 11) is 0. The minimum Gasteiger partial charge on any atom is -0.444 e. The van der Waals surface area contributed by atoms with Gasteiger partial charge in [-0.2, -0.15) is 0 Å². The first-order valence-electron chi connectivity index (χ1n) is 9.99. The monoisotopic (exact) mass is 440 g/mol. The van der Waals surface area contributed by atoms with E-state index in [9.17, 15) is 9.59 Å². The average Bonchev–Trinajstić information content (AvgIpc) is 3.32. The van der Waals surface area contributed by atoms with Crippen LogP contribution in [0.3, 0.4) is 0 Å². The van der Waals surface area contributed by atoms with Crippen LogP contribution in [-0.4, -0.2) is 57.0 Å². The van der Waals surface area contributed by atoms with E-state index < -0.39 is 5.60 Å². The van der Waals surface area contributed by atoms with Gasteiger partial charge in [0.2, 0.25) is 0 Å². The van der Waals surface area contributed by atoms with Crippen LogP contribution in [-0.2, 0) is 4.74 Å². The first kappa shape index (κ1) is 21.0. The molecule has 0 bridgehead atoms. The number of carbonyl (C=O) groups is 2. The van der Waals surface area contributed by atoms with Crippen molar-refractivity contribution in [3.05, 3.63) is 36.0 Å². The number of nitrogens with one attached hydrogen (secondary N) is 2. The van der Waals surface area contributed by atoms with Gasteiger partial charge in [-0.15, -0.1) is 0 Å². The van der Waals surface area contributed by atoms with Gasteiger partial charge in [-0.1, -0.05) is 11.3 Å². The predicted molar refractivity (Wildman–Crippen MR) is 120 cm³/mol. The van der Waals surface area contributed by atoms with Crippen LogP contribution in [0.5, 0.6) is 0 Å². The molecule has 1 atom stereocenters. The second kappa shape index (κ2) is 8.46. The fourth-order valence-corrected chi connectivity index (χ4v) is 4.08. The molecule has 4 heterocycles. The molecule has 0 radical (unpaired) electrons. The molecule has 3 aromatic heterocycles. The lowest BCUT2D eigenvalue weighted by Crippen LogP contribution is -2.36. The summed E-state index contributed by atoms with van der Waals surface area (Å²) in [5.74, 6) is 1.07. The predicted octanol–water partition coefficient (Wildman–Crippen LogP) is 4.06. The highest BCUT2D eigenvalue weighted by atomic mass is 32.1. The van der Waals surface area contributed by atoms with Crippen molar-refractivity contribution in [2.75, 3.05) is 23.7 Å². The summed E-state index contributed by atoms with van der Waals surface area (Å²) in [6.07, 6.45) is 2.94. The van der Waals surface area contributed by atoms with Gasteiger partial charge in [0.15, 0.2) is 5.13 Å². The molecule has 2 N–H and O–H groups in total. The van der Waals surface area contributed by atoms with Gasteiger partial charge in [0.05, 0.1) is 0 Å². The van der Waals surface area contributed by atoms with Crippen LogP contribution in [0.4, 0.5) is 21.6 Å². The number of carbonyl (C=O) groups excluding carboxylic acids is 2. The van der Waals surface area contributed by atoms with E-state index in [-0.39, 0.29) is 12.1 Å². The van der Waals surface area contributed by atoms with Gasteiger partial charge in [-0.25, -0.2) is 19.7 Å². The van der Waals surface area contributed by atoms with Crippen LogP contribution in [0, 0.1) is 0 Å². The standard InChI is InChI=1S/C21H24N6O3S/c1-21(2,3)30-20(29)27-8-6-14(11-27)23-16-9-13(12-28)10-17(25-16)26-19-24-15-5-4-7-22-18(15)31-19/h4-5,7,9-10,12,14H,6,8,11H2,1-3H3,(H2,23,24,25,26). The summed E-state index contributed by atoms with van der Waals surface area (Å²) in [4.78, 5) is 39.6. The van der Waals surface area contributed by atoms with E-state index in [1.54, 1.807) is 23.2 Å². The van der Waals surface area contributed by atoms with Crippen LogP contribution < -0.4 is 10.6 Å². The first-order valence-corrected chi connectivity index (χ1v) is 10.8. The number of aromatic nitrogens is 3. The number of pyridine rings is 2. The summed E-state index contributed by atoms with van der Waals surface area (Å²) in [5.41, 5.74) is 0.758. The van der Waals surface area contributed by atoms with Gasteiger partial charge in [0.25, 0.3) is 0 Å². The Hall–Kier alpha value is -3.27. The topological polar surface area (TPSA) is 109 Å². The number of thiazole rings is 1. The Morgan fingerprint density at radius 2 is 2.10 bits per heavy atom. The van der Waals surface area contributed by atoms with Crippen molar-refractivity contribution in [2.24, 2.45) is 0 Å². The minimum atomic E-state index is -0.529. The van der Waals surface area contributed by atoms with Gasteiger partial charge < -0.3 is 20.3 Å². The largest absolute Gasteiger partial charge is 0.444 e. The number of rotatable bonds is 5. The molecule has 31 heavy (non-hydrogen) atoms. The highest BCUT2D eigenvalue weighted by molar-refractivity contribution is 7.21. The van der Waals surface area contributed by atoms with Gasteiger partial charge in [0.1, 0.15) is 33.9 Å². The van der Waals surface area contributed by atoms with Gasteiger partial charge in [0, 0.05) is 30.9 Å². The van der Waals surface area contributed by atoms with Gasteiger partial charge in [-0.3, -0.25) is 4.79 Å². The Kier molecular flexibility index (Phi) is 5.73. The third-order valence-corrected chi connectivity index (χ3v) is 5.47. The van der Waals surface area contributed by atoms with Crippen molar-refractivity contribution in [2.45, 2.75) is 38.8 Å². The Labute approximate surface area is 183 Å². The molecule has 162 valence electrons. The third kappa shape index (κ3) is 5.26. The van der Waals surface area contributed by atoms with Crippen LogP contribution in [0.1, 0.15) is 37.6 Å². The fraction of sp³-hybridized carbons (Fsp3) is 0.381. The molecule has 0 aliphatic carbocycles. The van der Waals surface area contributed by atoms with E-state index in [1.807, 2.05) is 32.9 Å². The normalized spacial score (nSPS) is 16.4. The maximum atomic E-state index is 12.3. The maximum Gasteiger partial charge on any atom is 0.410 e. The molecular weight excluding hydrogens is 416 g/mol. The zero-order chi connectivity index (χ0) is 22.0. The number of ether oxygens (including phenoxy) is 1. The van der Waals surface area contributed by atoms with Crippen LogP contribution in [0.25, 0.3) is 10.3 Å². The number of fused-ring (bicyclic) bond motifs is 1. The summed E-state index contributed by atoms with van der Waals surface area (Å²) in [5, 5.41) is 7.13. The van der Waals surface area contributed by atoms with E-state index in [0.29, 0.717) is 35.4 Å². The SMILES string of the molecule is CC(C)(C)OC(=O)N1CCC(Nc2cc(C=O)cc(Nc3nc4cccnc4s3)n2)C1. The number of likely N-dealkylation sites (tertiary alicyclic amines) is 1. The van der Waals surface area contributed by atoms with E-state index in [2.05, 4.69) is 25.6 Å². The Morgan fingerprint density at radius 3 is 2.84 bits per heavy atom. The maximum absolute atomic E-state index is 12.3. The molecule has 9 nitrogen and oxygen atoms in total. The molecule has 1 amide bonds. The summed E-state index contributed by atoms with van der Waals surface area (Å²) in [6.45, 7) is 6.66. The molecule has 0 spiro atoms. The van der Waals surface area contributed by atoms with Crippen molar-refractivity contribution in [1.82, 2.24) is 19.9 Å². The van der Waals surface area contributed by atoms with Crippen molar-refractivity contribution < 1.29 is 14.3 Å². The Balaban J connectivity index is 1.45. The van der Waals surface area contributed by atoms with Crippen LogP contribution in [0.2, 0.25) is 0 Å². The van der Waals surface area contributed by atoms with Gasteiger partial charge in [-0.05, 0) is 51.5 Å². The number of hydrogen-bond acceptors (Lipinski definition) is 9. The molecular formula is C21H24N6O3S. The van der Waals surface area contributed by atoms with Crippen LogP contribution in [0.15, 0.2) is 30.5 Å². The van der Waals surface area contributed by atoms with E-state index in [0.717, 1.165) is 23.1 Å². The molecule has 0 aromatic carbocycles. The summed E-state index contributed by atoms with van der Waals surface area (Å²) >= 11 is 1.41. The third-order valence-electron chi connectivity index (χ3n) is 4.58. The molecule has 1 aliphatic heterocycles. The van der Waals surface area contributed by atoms with E-state index >= 15 is 0 Å². The number of amides is 1. The van der Waals surface area contributed by atoms with E-state index in [1.165, 1.54) is 11.3 Å². The highest BCUT2D eigenvalue weighted by Gasteiger charge is 2.30. The van der Waals surface area contributed by atoms with Gasteiger partial charge >= 0.3 is 6.09 Å². The molecule has 0 saturated carbocycles. The molecule has 1 unspecified atom stereocenters. The second-order valence-electron chi connectivity index (χ2n) is 8.32. The molecule has 10 heteroatoms. The number of anilines is 3. The number of hydrogen-bond donors (Lipinski definition) is 2. The van der Waals surface area contributed by atoms with Crippen molar-refractivity contribution in [3.8, 4) is 0 Å². The highest BCUT2D eigenvalue weighted by Crippen LogP contribution is 2.27. The molecule has 3 aromatic rings. The van der Waals surface area contributed by atoms with Crippen molar-refractivity contribution >= 4 is 50.8 Å². The van der Waals surface area contributed by atoms with Crippen molar-refractivity contribution in [3.63, 3.8) is 0 Å². The van der Waals surface area contributed by atoms with E-state index in [4.69, 9.17) is 4.74 Å². The van der Waals surface area contributed by atoms with Crippen molar-refractivity contribution in [1.29, 1.82) is 0 Å². The summed E-state index contributed by atoms with van der Waals surface area (Å²) in [6, 6.07) is 7.10. The molecule has 4 rings (SSSR count). The fourth-order valence-electron chi connectivity index (χ4n) is 3.27. The smallest absolute Gasteiger partial charge is 0.410 e. The zero-order valence-corrected chi connectivity index (χ0v) is 18.4. The quantitative estimate of drug-likeness (QED) is 0.572. The summed E-state index contributed by atoms with van der Waals surface area (Å²) < 4.78 is 5.44. The molecule has 1 fully saturated rings. The Bertz CT molecular complexity index is 1080. The first-order chi connectivity index (χ1) is 14.8. The number of aldehydes is 1. The lowest BCUT2D eigenvalue weighted by Gasteiger charge is -2.24. The Morgan fingerprint density at radius 1 is 1.29 bits per heavy atom. The average molecular weight is 441 g/mol. The molecule has 1 aliphatic rings. The lowest BCUT2D eigenvalue weighted by atomic mass is 10.2. The molecule has 1 saturated heterocycles. The number of nitrogens with zero attached hydrogens (tertiary/aromatic N) is 4.